The number of allylic oxidation sites excluding steroid dienone is 1. The van der Waals surface area contributed by atoms with Gasteiger partial charge in [0.2, 0.25) is 5.91 Å². The number of nitrogens with zero attached hydrogens (tertiary/aromatic N) is 3. The Morgan fingerprint density at radius 3 is 2.80 bits per heavy atom. The number of benzene rings is 2. The van der Waals surface area contributed by atoms with E-state index in [2.05, 4.69) is 17.6 Å². The monoisotopic (exact) mass is 395 g/mol. The molecular formula is C24H21N5O. The van der Waals surface area contributed by atoms with Crippen molar-refractivity contribution in [2.24, 2.45) is 11.5 Å². The summed E-state index contributed by atoms with van der Waals surface area (Å²) in [5.41, 5.74) is 15.7. The van der Waals surface area contributed by atoms with Crippen molar-refractivity contribution in [3.8, 4) is 11.3 Å². The van der Waals surface area contributed by atoms with Crippen molar-refractivity contribution in [3.05, 3.63) is 100 Å². The Labute approximate surface area is 173 Å². The van der Waals surface area contributed by atoms with Gasteiger partial charge in [0.05, 0.1) is 17.6 Å². The van der Waals surface area contributed by atoms with Crippen LogP contribution in [0.3, 0.4) is 0 Å². The number of rotatable bonds is 5. The first-order valence-corrected chi connectivity index (χ1v) is 9.45. The smallest absolute Gasteiger partial charge is 0.248 e. The van der Waals surface area contributed by atoms with Crippen LogP contribution in [0.15, 0.2) is 73.1 Å². The van der Waals surface area contributed by atoms with E-state index >= 15 is 0 Å². The highest BCUT2D eigenvalue weighted by molar-refractivity contribution is 5.94. The topological polar surface area (TPSA) is 99.3 Å². The van der Waals surface area contributed by atoms with Gasteiger partial charge in [0.15, 0.2) is 5.65 Å². The standard InChI is InChI=1S/C24H21N5O/c1-16-7-8-17(12-18(16)6-3-11-25)13-21-15-27-23-10-9-22(28-29(21)23)19-4-2-5-20(14-19)24(26)30/h2-12,14-15H,1,13,25H2,(H2,26,30)/b11-3-,18-6-. The number of hydrogen-bond acceptors (Lipinski definition) is 4. The fraction of sp³-hybridized carbons (Fsp3) is 0.0417. The molecule has 0 bridgehead atoms. The number of imidazole rings is 1. The highest BCUT2D eigenvalue weighted by Crippen LogP contribution is 2.20. The zero-order valence-corrected chi connectivity index (χ0v) is 16.3. The lowest BCUT2D eigenvalue weighted by atomic mass is 10.1. The number of carbonyl (C=O) groups excluding carboxylic acids is 1. The Morgan fingerprint density at radius 1 is 1.13 bits per heavy atom. The molecule has 0 aliphatic rings. The largest absolute Gasteiger partial charge is 0.405 e. The number of nitrogens with two attached hydrogens (primary N) is 2. The summed E-state index contributed by atoms with van der Waals surface area (Å²) < 4.78 is 1.83. The van der Waals surface area contributed by atoms with Gasteiger partial charge in [0.25, 0.3) is 0 Å². The molecule has 0 saturated carbocycles. The second-order valence-electron chi connectivity index (χ2n) is 6.94. The van der Waals surface area contributed by atoms with Gasteiger partial charge in [-0.25, -0.2) is 9.50 Å². The van der Waals surface area contributed by atoms with Gasteiger partial charge in [-0.05, 0) is 52.5 Å². The highest BCUT2D eigenvalue weighted by Gasteiger charge is 2.09. The van der Waals surface area contributed by atoms with E-state index in [9.17, 15) is 4.79 Å². The predicted octanol–water partition coefficient (Wildman–Crippen LogP) is 1.75. The molecule has 0 radical (unpaired) electrons. The van der Waals surface area contributed by atoms with Crippen LogP contribution in [0, 0.1) is 0 Å². The molecular weight excluding hydrogens is 374 g/mol. The lowest BCUT2D eigenvalue weighted by Gasteiger charge is -2.06. The molecule has 6 heteroatoms. The Kier molecular flexibility index (Phi) is 5.13. The zero-order chi connectivity index (χ0) is 21.1. The molecule has 4 N–H and O–H groups in total. The normalized spacial score (nSPS) is 12.1. The van der Waals surface area contributed by atoms with Gasteiger partial charge in [-0.2, -0.15) is 5.10 Å². The Bertz CT molecular complexity index is 1380. The third kappa shape index (κ3) is 3.84. The molecule has 0 saturated heterocycles. The molecule has 0 spiro atoms. The molecule has 0 unspecified atom stereocenters. The minimum Gasteiger partial charge on any atom is -0.405 e. The van der Waals surface area contributed by atoms with Crippen molar-refractivity contribution in [1.29, 1.82) is 0 Å². The molecule has 0 fully saturated rings. The van der Waals surface area contributed by atoms with Crippen LogP contribution in [0.2, 0.25) is 0 Å². The molecule has 6 nitrogen and oxygen atoms in total. The van der Waals surface area contributed by atoms with Gasteiger partial charge < -0.3 is 11.5 Å². The molecule has 1 amide bonds. The molecule has 2 heterocycles. The van der Waals surface area contributed by atoms with E-state index in [1.54, 1.807) is 24.3 Å². The Morgan fingerprint density at radius 2 is 2.00 bits per heavy atom. The predicted molar refractivity (Wildman–Crippen MR) is 119 cm³/mol. The van der Waals surface area contributed by atoms with Gasteiger partial charge in [-0.3, -0.25) is 4.79 Å². The number of amides is 1. The van der Waals surface area contributed by atoms with Crippen molar-refractivity contribution in [2.45, 2.75) is 6.42 Å². The van der Waals surface area contributed by atoms with Crippen LogP contribution >= 0.6 is 0 Å². The quantitative estimate of drug-likeness (QED) is 0.538. The molecule has 0 aliphatic heterocycles. The maximum absolute atomic E-state index is 11.5. The van der Waals surface area contributed by atoms with Crippen LogP contribution in [0.5, 0.6) is 0 Å². The van der Waals surface area contributed by atoms with E-state index in [0.717, 1.165) is 38.6 Å². The zero-order valence-electron chi connectivity index (χ0n) is 16.3. The highest BCUT2D eigenvalue weighted by atomic mass is 16.1. The van der Waals surface area contributed by atoms with E-state index in [4.69, 9.17) is 16.6 Å². The molecule has 0 atom stereocenters. The van der Waals surface area contributed by atoms with Crippen molar-refractivity contribution in [1.82, 2.24) is 14.6 Å². The summed E-state index contributed by atoms with van der Waals surface area (Å²) in [4.78, 5) is 16.0. The van der Waals surface area contributed by atoms with Crippen molar-refractivity contribution in [2.75, 3.05) is 0 Å². The van der Waals surface area contributed by atoms with Gasteiger partial charge in [0.1, 0.15) is 0 Å². The summed E-state index contributed by atoms with van der Waals surface area (Å²) in [7, 11) is 0. The number of fused-ring (bicyclic) bond motifs is 1. The molecule has 4 aromatic rings. The second-order valence-corrected chi connectivity index (χ2v) is 6.94. The van der Waals surface area contributed by atoms with Crippen LogP contribution in [0.4, 0.5) is 0 Å². The number of carbonyl (C=O) groups is 1. The molecule has 148 valence electrons. The average molecular weight is 395 g/mol. The summed E-state index contributed by atoms with van der Waals surface area (Å²) in [6, 6.07) is 17.0. The first-order chi connectivity index (χ1) is 14.5. The van der Waals surface area contributed by atoms with E-state index in [1.807, 2.05) is 47.1 Å². The first-order valence-electron chi connectivity index (χ1n) is 9.45. The SMILES string of the molecule is C=c1ccc(Cc2cnc3ccc(-c4cccc(C(N)=O)c4)nn23)c/c1=C/C=C\N. The van der Waals surface area contributed by atoms with Gasteiger partial charge in [0, 0.05) is 17.5 Å². The minimum absolute atomic E-state index is 0.448. The summed E-state index contributed by atoms with van der Waals surface area (Å²) in [5, 5.41) is 6.69. The fourth-order valence-corrected chi connectivity index (χ4v) is 3.30. The Hall–Kier alpha value is -4.19. The molecule has 2 aromatic heterocycles. The van der Waals surface area contributed by atoms with E-state index in [0.29, 0.717) is 12.0 Å². The van der Waals surface area contributed by atoms with E-state index in [1.165, 1.54) is 6.20 Å². The Balaban J connectivity index is 1.73. The van der Waals surface area contributed by atoms with Crippen molar-refractivity contribution < 1.29 is 4.79 Å². The first kappa shape index (κ1) is 19.1. The van der Waals surface area contributed by atoms with Crippen LogP contribution in [0.25, 0.3) is 29.6 Å². The third-order valence-corrected chi connectivity index (χ3v) is 4.86. The molecule has 2 aromatic carbocycles. The van der Waals surface area contributed by atoms with E-state index in [-0.39, 0.29) is 0 Å². The van der Waals surface area contributed by atoms with E-state index < -0.39 is 5.91 Å². The van der Waals surface area contributed by atoms with Crippen molar-refractivity contribution in [3.63, 3.8) is 0 Å². The lowest BCUT2D eigenvalue weighted by molar-refractivity contribution is 0.100. The van der Waals surface area contributed by atoms with Crippen LogP contribution in [-0.2, 0) is 6.42 Å². The maximum Gasteiger partial charge on any atom is 0.248 e. The molecule has 4 rings (SSSR count). The number of hydrogen-bond donors (Lipinski definition) is 2. The summed E-state index contributed by atoms with van der Waals surface area (Å²) in [6.07, 6.45) is 7.70. The number of aromatic nitrogens is 3. The van der Waals surface area contributed by atoms with Crippen LogP contribution in [-0.4, -0.2) is 20.5 Å². The van der Waals surface area contributed by atoms with Crippen molar-refractivity contribution >= 4 is 24.2 Å². The molecule has 0 aliphatic carbocycles. The lowest BCUT2D eigenvalue weighted by Crippen LogP contribution is -2.23. The number of primary amides is 1. The average Bonchev–Trinajstić information content (AvgIpc) is 3.16. The van der Waals surface area contributed by atoms with Gasteiger partial charge >= 0.3 is 0 Å². The summed E-state index contributed by atoms with van der Waals surface area (Å²) in [5.74, 6) is -0.466. The van der Waals surface area contributed by atoms with Gasteiger partial charge in [-0.1, -0.05) is 43.0 Å². The minimum atomic E-state index is -0.466. The van der Waals surface area contributed by atoms with Crippen LogP contribution in [0.1, 0.15) is 21.6 Å². The molecule has 30 heavy (non-hydrogen) atoms. The van der Waals surface area contributed by atoms with Gasteiger partial charge in [-0.15, -0.1) is 0 Å². The summed E-state index contributed by atoms with van der Waals surface area (Å²) >= 11 is 0. The summed E-state index contributed by atoms with van der Waals surface area (Å²) in [6.45, 7) is 4.06. The van der Waals surface area contributed by atoms with Crippen LogP contribution < -0.4 is 21.9 Å². The third-order valence-electron chi connectivity index (χ3n) is 4.86. The second kappa shape index (κ2) is 8.05. The fourth-order valence-electron chi connectivity index (χ4n) is 3.30. The maximum atomic E-state index is 11.5.